The van der Waals surface area contributed by atoms with Gasteiger partial charge < -0.3 is 14.4 Å². The van der Waals surface area contributed by atoms with Crippen molar-refractivity contribution in [1.82, 2.24) is 4.90 Å². The minimum Gasteiger partial charge on any atom is -0.462 e. The van der Waals surface area contributed by atoms with Crippen LogP contribution >= 0.6 is 0 Å². The monoisotopic (exact) mass is 363 g/mol. The third kappa shape index (κ3) is 3.59. The van der Waals surface area contributed by atoms with Crippen molar-refractivity contribution in [2.75, 3.05) is 13.1 Å². The van der Waals surface area contributed by atoms with Crippen LogP contribution in [0, 0.1) is 23.2 Å². The molecular formula is C21H33NO4. The van der Waals surface area contributed by atoms with Gasteiger partial charge in [0.15, 0.2) is 0 Å². The van der Waals surface area contributed by atoms with Gasteiger partial charge in [-0.3, -0.25) is 4.79 Å². The topological polar surface area (TPSA) is 55.8 Å². The Labute approximate surface area is 156 Å². The fraction of sp³-hybridized carbons (Fsp3) is 0.905. The van der Waals surface area contributed by atoms with E-state index in [9.17, 15) is 9.59 Å². The summed E-state index contributed by atoms with van der Waals surface area (Å²) in [7, 11) is 0. The van der Waals surface area contributed by atoms with E-state index in [0.717, 1.165) is 49.9 Å². The molecule has 4 aliphatic carbocycles. The normalized spacial score (nSPS) is 36.9. The number of amides is 1. The lowest BCUT2D eigenvalue weighted by Crippen LogP contribution is -2.52. The van der Waals surface area contributed by atoms with E-state index in [-0.39, 0.29) is 23.6 Å². The highest BCUT2D eigenvalue weighted by Crippen LogP contribution is 2.60. The highest BCUT2D eigenvalue weighted by Gasteiger charge is 2.55. The highest BCUT2D eigenvalue weighted by molar-refractivity contribution is 5.77. The smallest absolute Gasteiger partial charge is 0.410 e. The maximum Gasteiger partial charge on any atom is 0.410 e. The van der Waals surface area contributed by atoms with Crippen LogP contribution in [-0.2, 0) is 14.3 Å². The Morgan fingerprint density at radius 1 is 0.923 bits per heavy atom. The first-order valence-corrected chi connectivity index (χ1v) is 10.4. The average molecular weight is 363 g/mol. The molecule has 0 spiro atoms. The second-order valence-corrected chi connectivity index (χ2v) is 10.3. The van der Waals surface area contributed by atoms with Gasteiger partial charge in [0.25, 0.3) is 0 Å². The largest absolute Gasteiger partial charge is 0.462 e. The molecule has 4 bridgehead atoms. The average Bonchev–Trinajstić information content (AvgIpc) is 2.52. The van der Waals surface area contributed by atoms with Gasteiger partial charge in [0, 0.05) is 25.9 Å². The molecule has 5 rings (SSSR count). The van der Waals surface area contributed by atoms with Crippen LogP contribution in [-0.4, -0.2) is 41.8 Å². The van der Waals surface area contributed by atoms with Gasteiger partial charge in [-0.1, -0.05) is 0 Å². The maximum absolute atomic E-state index is 13.0. The van der Waals surface area contributed by atoms with Crippen LogP contribution in [0.4, 0.5) is 4.79 Å². The van der Waals surface area contributed by atoms with Gasteiger partial charge in [-0.25, -0.2) is 4.79 Å². The Bertz CT molecular complexity index is 536. The van der Waals surface area contributed by atoms with Crippen LogP contribution in [0.25, 0.3) is 0 Å². The molecule has 1 aliphatic heterocycles. The molecule has 5 fully saturated rings. The van der Waals surface area contributed by atoms with Gasteiger partial charge >= 0.3 is 12.1 Å². The molecule has 0 aromatic carbocycles. The summed E-state index contributed by atoms with van der Waals surface area (Å²) in [5.74, 6) is 2.32. The summed E-state index contributed by atoms with van der Waals surface area (Å²) >= 11 is 0. The Kier molecular flexibility index (Phi) is 4.47. The van der Waals surface area contributed by atoms with Crippen LogP contribution in [0.5, 0.6) is 0 Å². The van der Waals surface area contributed by atoms with Gasteiger partial charge in [0.2, 0.25) is 0 Å². The summed E-state index contributed by atoms with van der Waals surface area (Å²) < 4.78 is 11.4. The zero-order valence-electron chi connectivity index (χ0n) is 16.5. The van der Waals surface area contributed by atoms with E-state index in [2.05, 4.69) is 0 Å². The van der Waals surface area contributed by atoms with Gasteiger partial charge in [-0.15, -0.1) is 0 Å². The van der Waals surface area contributed by atoms with Crippen molar-refractivity contribution in [2.24, 2.45) is 23.2 Å². The van der Waals surface area contributed by atoms with Crippen molar-refractivity contribution in [3.05, 3.63) is 0 Å². The quantitative estimate of drug-likeness (QED) is 0.692. The molecule has 1 heterocycles. The molecule has 1 saturated heterocycles. The van der Waals surface area contributed by atoms with Crippen LogP contribution in [0.15, 0.2) is 0 Å². The standard InChI is InChI=1S/C21H33NO4/c1-20(2,3)26-19(24)22-6-4-17(5-7-22)25-18(23)21-11-14-8-15(12-21)10-16(9-14)13-21/h14-17H,4-13H2,1-3H3. The van der Waals surface area contributed by atoms with E-state index in [4.69, 9.17) is 9.47 Å². The molecule has 0 atom stereocenters. The predicted molar refractivity (Wildman–Crippen MR) is 97.5 cm³/mol. The van der Waals surface area contributed by atoms with Gasteiger partial charge in [-0.2, -0.15) is 0 Å². The van der Waals surface area contributed by atoms with Crippen LogP contribution in [0.2, 0.25) is 0 Å². The van der Waals surface area contributed by atoms with Crippen LogP contribution in [0.1, 0.15) is 72.1 Å². The molecule has 0 aromatic rings. The fourth-order valence-corrected chi connectivity index (χ4v) is 6.12. The zero-order chi connectivity index (χ0) is 18.5. The number of hydrogen-bond acceptors (Lipinski definition) is 4. The summed E-state index contributed by atoms with van der Waals surface area (Å²) in [6.07, 6.45) is 8.28. The SMILES string of the molecule is CC(C)(C)OC(=O)N1CCC(OC(=O)C23CC4CC(CC(C4)C2)C3)CC1. The number of rotatable bonds is 2. The summed E-state index contributed by atoms with van der Waals surface area (Å²) in [6, 6.07) is 0. The summed E-state index contributed by atoms with van der Waals surface area (Å²) in [4.78, 5) is 26.9. The van der Waals surface area contributed by atoms with E-state index < -0.39 is 5.60 Å². The van der Waals surface area contributed by atoms with E-state index in [1.54, 1.807) is 4.90 Å². The molecule has 5 heteroatoms. The summed E-state index contributed by atoms with van der Waals surface area (Å²) in [5, 5.41) is 0. The van der Waals surface area contributed by atoms with Crippen molar-refractivity contribution in [1.29, 1.82) is 0 Å². The fourth-order valence-electron chi connectivity index (χ4n) is 6.12. The van der Waals surface area contributed by atoms with Gasteiger partial charge in [0.1, 0.15) is 11.7 Å². The van der Waals surface area contributed by atoms with Crippen molar-refractivity contribution in [3.63, 3.8) is 0 Å². The Morgan fingerprint density at radius 3 is 1.88 bits per heavy atom. The Hall–Kier alpha value is -1.26. The molecule has 0 radical (unpaired) electrons. The number of carbonyl (C=O) groups is 2. The molecule has 0 N–H and O–H groups in total. The first-order chi connectivity index (χ1) is 12.2. The highest BCUT2D eigenvalue weighted by atomic mass is 16.6. The van der Waals surface area contributed by atoms with Crippen molar-refractivity contribution < 1.29 is 19.1 Å². The van der Waals surface area contributed by atoms with E-state index >= 15 is 0 Å². The molecule has 146 valence electrons. The van der Waals surface area contributed by atoms with E-state index in [1.165, 1.54) is 19.3 Å². The summed E-state index contributed by atoms with van der Waals surface area (Å²) in [5.41, 5.74) is -0.657. The molecule has 4 saturated carbocycles. The molecule has 5 aliphatic rings. The molecule has 5 nitrogen and oxygen atoms in total. The molecule has 0 unspecified atom stereocenters. The van der Waals surface area contributed by atoms with Crippen molar-refractivity contribution >= 4 is 12.1 Å². The minimum absolute atomic E-state index is 0.0470. The van der Waals surface area contributed by atoms with E-state index in [1.807, 2.05) is 20.8 Å². The molecular weight excluding hydrogens is 330 g/mol. The lowest BCUT2D eigenvalue weighted by atomic mass is 9.49. The number of likely N-dealkylation sites (tertiary alicyclic amines) is 1. The van der Waals surface area contributed by atoms with Gasteiger partial charge in [0.05, 0.1) is 5.41 Å². The van der Waals surface area contributed by atoms with Gasteiger partial charge in [-0.05, 0) is 77.0 Å². The number of carbonyl (C=O) groups excluding carboxylic acids is 2. The first kappa shape index (κ1) is 18.1. The second-order valence-electron chi connectivity index (χ2n) is 10.3. The Balaban J connectivity index is 1.30. The number of ether oxygens (including phenoxy) is 2. The third-order valence-corrected chi connectivity index (χ3v) is 6.84. The molecule has 26 heavy (non-hydrogen) atoms. The summed E-state index contributed by atoms with van der Waals surface area (Å²) in [6.45, 7) is 6.85. The molecule has 1 amide bonds. The number of esters is 1. The van der Waals surface area contributed by atoms with Crippen molar-refractivity contribution in [3.8, 4) is 0 Å². The first-order valence-electron chi connectivity index (χ1n) is 10.4. The maximum atomic E-state index is 13.0. The Morgan fingerprint density at radius 2 is 1.42 bits per heavy atom. The zero-order valence-corrected chi connectivity index (χ0v) is 16.5. The minimum atomic E-state index is -0.473. The predicted octanol–water partition coefficient (Wildman–Crippen LogP) is 4.15. The number of piperidine rings is 1. The third-order valence-electron chi connectivity index (χ3n) is 6.84. The second kappa shape index (κ2) is 6.42. The van der Waals surface area contributed by atoms with E-state index in [0.29, 0.717) is 13.1 Å². The lowest BCUT2D eigenvalue weighted by molar-refractivity contribution is -0.178. The van der Waals surface area contributed by atoms with Crippen LogP contribution in [0.3, 0.4) is 0 Å². The van der Waals surface area contributed by atoms with Crippen LogP contribution < -0.4 is 0 Å². The lowest BCUT2D eigenvalue weighted by Gasteiger charge is -2.55. The molecule has 0 aromatic heterocycles. The number of hydrogen-bond donors (Lipinski definition) is 0. The van der Waals surface area contributed by atoms with Crippen molar-refractivity contribution in [2.45, 2.75) is 83.8 Å². The number of nitrogens with zero attached hydrogens (tertiary/aromatic N) is 1.